The number of hydrogen-bond acceptors (Lipinski definition) is 4. The largest absolute Gasteiger partial charge is 0.379 e. The Balaban J connectivity index is 1.57. The Morgan fingerprint density at radius 3 is 2.69 bits per heavy atom. The lowest BCUT2D eigenvalue weighted by molar-refractivity contribution is -0.127. The molecule has 0 radical (unpaired) electrons. The molecule has 26 heavy (non-hydrogen) atoms. The van der Waals surface area contributed by atoms with Gasteiger partial charge in [0.15, 0.2) is 0 Å². The van der Waals surface area contributed by atoms with Crippen molar-refractivity contribution in [2.45, 2.75) is 25.8 Å². The van der Waals surface area contributed by atoms with Gasteiger partial charge in [-0.15, -0.1) is 0 Å². The molecule has 0 saturated carbocycles. The van der Waals surface area contributed by atoms with Crippen LogP contribution in [0.15, 0.2) is 28.7 Å². The third-order valence-electron chi connectivity index (χ3n) is 5.20. The summed E-state index contributed by atoms with van der Waals surface area (Å²) in [5.41, 5.74) is 0.686. The van der Waals surface area contributed by atoms with Crippen molar-refractivity contribution in [3.05, 3.63) is 28.7 Å². The molecule has 0 spiro atoms. The van der Waals surface area contributed by atoms with Crippen LogP contribution < -0.4 is 10.2 Å². The van der Waals surface area contributed by atoms with Crippen LogP contribution in [0.4, 0.5) is 5.69 Å². The Labute approximate surface area is 163 Å². The first kappa shape index (κ1) is 19.3. The number of nitrogens with zero attached hydrogens (tertiary/aromatic N) is 2. The van der Waals surface area contributed by atoms with Crippen molar-refractivity contribution < 1.29 is 14.3 Å². The lowest BCUT2D eigenvalue weighted by Gasteiger charge is -2.41. The van der Waals surface area contributed by atoms with Crippen LogP contribution in [0, 0.1) is 5.92 Å². The SMILES string of the molecule is CC(C)(CNC(=O)C1CC(=O)N(c2ccccc2Br)C1)N1CCOCC1. The van der Waals surface area contributed by atoms with Gasteiger partial charge in [0.25, 0.3) is 0 Å². The predicted molar refractivity (Wildman–Crippen MR) is 104 cm³/mol. The topological polar surface area (TPSA) is 61.9 Å². The van der Waals surface area contributed by atoms with E-state index in [0.29, 0.717) is 13.1 Å². The van der Waals surface area contributed by atoms with Crippen LogP contribution in [0.2, 0.25) is 0 Å². The Bertz CT molecular complexity index is 674. The minimum Gasteiger partial charge on any atom is -0.379 e. The zero-order chi connectivity index (χ0) is 18.7. The molecule has 1 aromatic carbocycles. The molecule has 2 heterocycles. The van der Waals surface area contributed by atoms with Gasteiger partial charge in [0.1, 0.15) is 0 Å². The summed E-state index contributed by atoms with van der Waals surface area (Å²) in [4.78, 5) is 29.1. The number of ether oxygens (including phenoxy) is 1. The van der Waals surface area contributed by atoms with Crippen LogP contribution in [0.3, 0.4) is 0 Å². The maximum atomic E-state index is 12.6. The number of benzene rings is 1. The fourth-order valence-electron chi connectivity index (χ4n) is 3.51. The van der Waals surface area contributed by atoms with Crippen molar-refractivity contribution in [2.24, 2.45) is 5.92 Å². The van der Waals surface area contributed by atoms with Crippen molar-refractivity contribution in [1.29, 1.82) is 0 Å². The van der Waals surface area contributed by atoms with Crippen molar-refractivity contribution in [1.82, 2.24) is 10.2 Å². The van der Waals surface area contributed by atoms with E-state index in [0.717, 1.165) is 36.5 Å². The van der Waals surface area contributed by atoms with Crippen molar-refractivity contribution in [2.75, 3.05) is 44.3 Å². The van der Waals surface area contributed by atoms with Crippen molar-refractivity contribution in [3.63, 3.8) is 0 Å². The number of anilines is 1. The van der Waals surface area contributed by atoms with Crippen molar-refractivity contribution >= 4 is 33.4 Å². The number of halogens is 1. The maximum absolute atomic E-state index is 12.6. The molecule has 3 rings (SSSR count). The predicted octanol–water partition coefficient (Wildman–Crippen LogP) is 2.03. The van der Waals surface area contributed by atoms with Gasteiger partial charge in [0.2, 0.25) is 11.8 Å². The molecular weight excluding hydrogens is 398 g/mol. The molecule has 2 fully saturated rings. The van der Waals surface area contributed by atoms with E-state index in [1.165, 1.54) is 0 Å². The summed E-state index contributed by atoms with van der Waals surface area (Å²) in [5, 5.41) is 3.06. The molecule has 2 aliphatic rings. The third-order valence-corrected chi connectivity index (χ3v) is 5.87. The fourth-order valence-corrected chi connectivity index (χ4v) is 4.01. The van der Waals surface area contributed by atoms with Gasteiger partial charge in [-0.2, -0.15) is 0 Å². The Morgan fingerprint density at radius 1 is 1.31 bits per heavy atom. The summed E-state index contributed by atoms with van der Waals surface area (Å²) in [6.45, 7) is 8.46. The summed E-state index contributed by atoms with van der Waals surface area (Å²) in [5.74, 6) is -0.367. The number of para-hydroxylation sites is 1. The fraction of sp³-hybridized carbons (Fsp3) is 0.579. The van der Waals surface area contributed by atoms with Gasteiger partial charge in [-0.05, 0) is 41.9 Å². The second-order valence-electron chi connectivity index (χ2n) is 7.49. The highest BCUT2D eigenvalue weighted by atomic mass is 79.9. The lowest BCUT2D eigenvalue weighted by atomic mass is 10.0. The molecule has 2 amide bonds. The van der Waals surface area contributed by atoms with E-state index in [2.05, 4.69) is 40.0 Å². The zero-order valence-corrected chi connectivity index (χ0v) is 16.9. The highest BCUT2D eigenvalue weighted by Crippen LogP contribution is 2.31. The normalized spacial score (nSPS) is 21.9. The van der Waals surface area contributed by atoms with Gasteiger partial charge in [-0.3, -0.25) is 14.5 Å². The second-order valence-corrected chi connectivity index (χ2v) is 8.34. The Hall–Kier alpha value is -1.44. The molecular formula is C19H26BrN3O3. The number of amides is 2. The van der Waals surface area contributed by atoms with Crippen LogP contribution in [0.5, 0.6) is 0 Å². The molecule has 1 unspecified atom stereocenters. The quantitative estimate of drug-likeness (QED) is 0.786. The average molecular weight is 424 g/mol. The Kier molecular flexibility index (Phi) is 5.99. The van der Waals surface area contributed by atoms with E-state index in [4.69, 9.17) is 4.74 Å². The van der Waals surface area contributed by atoms with Gasteiger partial charge in [-0.25, -0.2) is 0 Å². The van der Waals surface area contributed by atoms with Crippen molar-refractivity contribution in [3.8, 4) is 0 Å². The molecule has 0 aliphatic carbocycles. The molecule has 142 valence electrons. The van der Waals surface area contributed by atoms with E-state index < -0.39 is 0 Å². The van der Waals surface area contributed by atoms with Gasteiger partial charge < -0.3 is 15.0 Å². The molecule has 6 nitrogen and oxygen atoms in total. The first-order chi connectivity index (χ1) is 12.4. The average Bonchev–Trinajstić information content (AvgIpc) is 3.02. The van der Waals surface area contributed by atoms with Crippen LogP contribution in [0.1, 0.15) is 20.3 Å². The monoisotopic (exact) mass is 423 g/mol. The molecule has 0 bridgehead atoms. The van der Waals surface area contributed by atoms with Gasteiger partial charge in [-0.1, -0.05) is 12.1 Å². The molecule has 1 N–H and O–H groups in total. The van der Waals surface area contributed by atoms with E-state index in [1.54, 1.807) is 4.90 Å². The van der Waals surface area contributed by atoms with Gasteiger partial charge >= 0.3 is 0 Å². The number of carbonyl (C=O) groups excluding carboxylic acids is 2. The summed E-state index contributed by atoms with van der Waals surface area (Å²) < 4.78 is 6.26. The molecule has 7 heteroatoms. The first-order valence-corrected chi connectivity index (χ1v) is 9.83. The highest BCUT2D eigenvalue weighted by molar-refractivity contribution is 9.10. The van der Waals surface area contributed by atoms with Crippen LogP contribution >= 0.6 is 15.9 Å². The maximum Gasteiger partial charge on any atom is 0.227 e. The number of carbonyl (C=O) groups is 2. The third kappa shape index (κ3) is 4.27. The van der Waals surface area contributed by atoms with E-state index in [9.17, 15) is 9.59 Å². The Morgan fingerprint density at radius 2 is 2.00 bits per heavy atom. The minimum atomic E-state index is -0.310. The molecule has 1 aromatic rings. The summed E-state index contributed by atoms with van der Waals surface area (Å²) in [7, 11) is 0. The number of hydrogen-bond donors (Lipinski definition) is 1. The lowest BCUT2D eigenvalue weighted by Crippen LogP contribution is -2.55. The number of nitrogens with one attached hydrogen (secondary N) is 1. The first-order valence-electron chi connectivity index (χ1n) is 9.04. The van der Waals surface area contributed by atoms with E-state index in [-0.39, 0.29) is 29.7 Å². The highest BCUT2D eigenvalue weighted by Gasteiger charge is 2.37. The summed E-state index contributed by atoms with van der Waals surface area (Å²) in [6, 6.07) is 7.60. The van der Waals surface area contributed by atoms with Crippen LogP contribution in [-0.4, -0.2) is 61.6 Å². The van der Waals surface area contributed by atoms with Crippen LogP contribution in [0.25, 0.3) is 0 Å². The zero-order valence-electron chi connectivity index (χ0n) is 15.3. The molecule has 1 atom stereocenters. The minimum absolute atomic E-state index is 0.00973. The van der Waals surface area contributed by atoms with Crippen LogP contribution in [-0.2, 0) is 14.3 Å². The summed E-state index contributed by atoms with van der Waals surface area (Å²) >= 11 is 3.48. The molecule has 2 aliphatic heterocycles. The number of morpholine rings is 1. The number of rotatable bonds is 5. The van der Waals surface area contributed by atoms with E-state index >= 15 is 0 Å². The van der Waals surface area contributed by atoms with E-state index in [1.807, 2.05) is 24.3 Å². The summed E-state index contributed by atoms with van der Waals surface area (Å²) in [6.07, 6.45) is 0.255. The van der Waals surface area contributed by atoms with Gasteiger partial charge in [0, 0.05) is 42.6 Å². The smallest absolute Gasteiger partial charge is 0.227 e. The second kappa shape index (κ2) is 8.06. The standard InChI is InChI=1S/C19H26BrN3O3/c1-19(2,22-7-9-26-10-8-22)13-21-18(25)14-11-17(24)23(12-14)16-6-4-3-5-15(16)20/h3-6,14H,7-13H2,1-2H3,(H,21,25). The molecule has 0 aromatic heterocycles. The van der Waals surface area contributed by atoms with Gasteiger partial charge in [0.05, 0.1) is 24.8 Å². The molecule has 2 saturated heterocycles.